The topological polar surface area (TPSA) is 0 Å². The van der Waals surface area contributed by atoms with E-state index < -0.39 is 0 Å². The average molecular weight is 395 g/mol. The van der Waals surface area contributed by atoms with Crippen molar-refractivity contribution in [3.63, 3.8) is 0 Å². The molecule has 154 valence electrons. The molecule has 0 saturated heterocycles. The fourth-order valence-electron chi connectivity index (χ4n) is 6.56. The second-order valence-corrected chi connectivity index (χ2v) is 11.3. The van der Waals surface area contributed by atoms with Crippen molar-refractivity contribution < 1.29 is 0 Å². The summed E-state index contributed by atoms with van der Waals surface area (Å²) in [6, 6.07) is 25.6. The largest absolute Gasteiger partial charge is 0.0620 e. The number of fused-ring (bicyclic) bond motifs is 4. The highest BCUT2D eigenvalue weighted by molar-refractivity contribution is 5.69. The van der Waals surface area contributed by atoms with E-state index in [0.29, 0.717) is 5.92 Å². The molecule has 5 rings (SSSR count). The summed E-state index contributed by atoms with van der Waals surface area (Å²) in [5.41, 5.74) is 10.9. The lowest BCUT2D eigenvalue weighted by Crippen LogP contribution is -2.26. The van der Waals surface area contributed by atoms with Gasteiger partial charge in [-0.2, -0.15) is 0 Å². The predicted octanol–water partition coefficient (Wildman–Crippen LogP) is 8.13. The second-order valence-electron chi connectivity index (χ2n) is 11.3. The molecule has 0 fully saturated rings. The molecule has 1 unspecified atom stereocenters. The van der Waals surface area contributed by atoms with E-state index >= 15 is 0 Å². The first-order valence-electron chi connectivity index (χ1n) is 11.5. The summed E-state index contributed by atoms with van der Waals surface area (Å²) in [6.45, 7) is 14.3. The summed E-state index contributed by atoms with van der Waals surface area (Å²) in [6.07, 6.45) is 2.41. The average Bonchev–Trinajstić information content (AvgIpc) is 3.08. The van der Waals surface area contributed by atoms with Crippen molar-refractivity contribution in [3.8, 4) is 11.1 Å². The monoisotopic (exact) mass is 394 g/mol. The fourth-order valence-corrected chi connectivity index (χ4v) is 6.56. The molecule has 2 aliphatic carbocycles. The van der Waals surface area contributed by atoms with Crippen molar-refractivity contribution in [2.75, 3.05) is 0 Å². The van der Waals surface area contributed by atoms with Gasteiger partial charge in [0.25, 0.3) is 0 Å². The Kier molecular flexibility index (Phi) is 4.14. The van der Waals surface area contributed by atoms with Gasteiger partial charge in [0.15, 0.2) is 0 Å². The van der Waals surface area contributed by atoms with Crippen molar-refractivity contribution >= 4 is 0 Å². The van der Waals surface area contributed by atoms with Gasteiger partial charge in [0.2, 0.25) is 0 Å². The molecule has 3 aromatic rings. The van der Waals surface area contributed by atoms with E-state index in [1.807, 2.05) is 0 Å². The molecule has 0 nitrogen and oxygen atoms in total. The van der Waals surface area contributed by atoms with E-state index in [-0.39, 0.29) is 16.2 Å². The molecule has 0 aliphatic heterocycles. The third-order valence-electron chi connectivity index (χ3n) is 7.81. The van der Waals surface area contributed by atoms with Gasteiger partial charge in [-0.25, -0.2) is 0 Å². The maximum atomic E-state index is 2.50. The summed E-state index contributed by atoms with van der Waals surface area (Å²) >= 11 is 0. The molecule has 2 aliphatic rings. The van der Waals surface area contributed by atoms with Crippen LogP contribution in [0.25, 0.3) is 11.1 Å². The summed E-state index contributed by atoms with van der Waals surface area (Å²) in [4.78, 5) is 0. The van der Waals surface area contributed by atoms with Gasteiger partial charge >= 0.3 is 0 Å². The third kappa shape index (κ3) is 2.73. The van der Waals surface area contributed by atoms with Crippen LogP contribution in [0.2, 0.25) is 0 Å². The minimum atomic E-state index is 0.150. The highest BCUT2D eigenvalue weighted by Gasteiger charge is 2.55. The minimum Gasteiger partial charge on any atom is -0.0620 e. The second kappa shape index (κ2) is 6.33. The SMILES string of the molecule is CC(C)c1cccc(-c2ccc3c(c2)C(C)(C)CC32CC(C)(C)c3ccccc32)c1. The van der Waals surface area contributed by atoms with Crippen molar-refractivity contribution in [3.05, 3.63) is 94.5 Å². The first kappa shape index (κ1) is 19.6. The summed E-state index contributed by atoms with van der Waals surface area (Å²) in [7, 11) is 0. The van der Waals surface area contributed by atoms with Crippen molar-refractivity contribution in [2.24, 2.45) is 0 Å². The van der Waals surface area contributed by atoms with E-state index in [0.717, 1.165) is 0 Å². The zero-order valence-electron chi connectivity index (χ0n) is 19.3. The minimum absolute atomic E-state index is 0.150. The van der Waals surface area contributed by atoms with Crippen LogP contribution in [0.3, 0.4) is 0 Å². The van der Waals surface area contributed by atoms with Gasteiger partial charge in [-0.3, -0.25) is 0 Å². The molecular weight excluding hydrogens is 360 g/mol. The van der Waals surface area contributed by atoms with E-state index in [2.05, 4.69) is 108 Å². The molecule has 0 amide bonds. The zero-order valence-corrected chi connectivity index (χ0v) is 19.3. The van der Waals surface area contributed by atoms with E-state index in [9.17, 15) is 0 Å². The van der Waals surface area contributed by atoms with Gasteiger partial charge in [0, 0.05) is 5.41 Å². The molecule has 0 heterocycles. The van der Waals surface area contributed by atoms with Crippen molar-refractivity contribution in [1.29, 1.82) is 0 Å². The first-order valence-corrected chi connectivity index (χ1v) is 11.5. The maximum Gasteiger partial charge on any atom is 0.0225 e. The quantitative estimate of drug-likeness (QED) is 0.411. The summed E-state index contributed by atoms with van der Waals surface area (Å²) < 4.78 is 0. The standard InChI is InChI=1S/C30H34/c1-20(2)21-10-9-11-22(16-21)23-14-15-26-27(17-23)29(5,6)19-30(26)18-28(3,4)24-12-7-8-13-25(24)30/h7-17,20H,18-19H2,1-6H3. The highest BCUT2D eigenvalue weighted by Crippen LogP contribution is 2.62. The normalized spacial score (nSPS) is 23.0. The Balaban J connectivity index is 1.68. The molecule has 0 radical (unpaired) electrons. The van der Waals surface area contributed by atoms with E-state index in [1.165, 1.54) is 29.5 Å². The van der Waals surface area contributed by atoms with Crippen LogP contribution in [0.4, 0.5) is 0 Å². The molecule has 0 bridgehead atoms. The Morgan fingerprint density at radius 3 is 1.90 bits per heavy atom. The molecule has 1 atom stereocenters. The zero-order chi connectivity index (χ0) is 21.3. The molecule has 3 aromatic carbocycles. The molecule has 0 heteroatoms. The lowest BCUT2D eigenvalue weighted by atomic mass is 9.72. The summed E-state index contributed by atoms with van der Waals surface area (Å²) in [5.74, 6) is 0.552. The van der Waals surface area contributed by atoms with Crippen LogP contribution < -0.4 is 0 Å². The van der Waals surface area contributed by atoms with Crippen LogP contribution in [0.15, 0.2) is 66.7 Å². The lowest BCUT2D eigenvalue weighted by molar-refractivity contribution is 0.349. The van der Waals surface area contributed by atoms with Crippen LogP contribution in [0.1, 0.15) is 88.1 Å². The van der Waals surface area contributed by atoms with Gasteiger partial charge < -0.3 is 0 Å². The molecule has 0 aromatic heterocycles. The Hall–Kier alpha value is -2.34. The molecule has 0 saturated carbocycles. The highest BCUT2D eigenvalue weighted by atomic mass is 14.6. The summed E-state index contributed by atoms with van der Waals surface area (Å²) in [5, 5.41) is 0. The van der Waals surface area contributed by atoms with Gasteiger partial charge in [-0.15, -0.1) is 0 Å². The van der Waals surface area contributed by atoms with Crippen molar-refractivity contribution in [1.82, 2.24) is 0 Å². The van der Waals surface area contributed by atoms with Crippen molar-refractivity contribution in [2.45, 2.75) is 76.5 Å². The van der Waals surface area contributed by atoms with Crippen LogP contribution >= 0.6 is 0 Å². The molecular formula is C30H34. The van der Waals surface area contributed by atoms with Gasteiger partial charge in [0.05, 0.1) is 0 Å². The Bertz CT molecular complexity index is 1130. The van der Waals surface area contributed by atoms with Gasteiger partial charge in [0.1, 0.15) is 0 Å². The molecule has 30 heavy (non-hydrogen) atoms. The fraction of sp³-hybridized carbons (Fsp3) is 0.400. The Morgan fingerprint density at radius 1 is 0.600 bits per heavy atom. The number of hydrogen-bond acceptors (Lipinski definition) is 0. The van der Waals surface area contributed by atoms with E-state index in [4.69, 9.17) is 0 Å². The van der Waals surface area contributed by atoms with Crippen LogP contribution in [0, 0.1) is 0 Å². The number of benzene rings is 3. The Morgan fingerprint density at radius 2 is 1.20 bits per heavy atom. The Labute approximate surface area is 182 Å². The number of hydrogen-bond donors (Lipinski definition) is 0. The lowest BCUT2D eigenvalue weighted by Gasteiger charge is -2.30. The first-order chi connectivity index (χ1) is 14.1. The molecule has 0 N–H and O–H groups in total. The van der Waals surface area contributed by atoms with Gasteiger partial charge in [-0.1, -0.05) is 108 Å². The van der Waals surface area contributed by atoms with Crippen LogP contribution in [0.5, 0.6) is 0 Å². The van der Waals surface area contributed by atoms with Gasteiger partial charge in [-0.05, 0) is 68.5 Å². The smallest absolute Gasteiger partial charge is 0.0225 e. The maximum absolute atomic E-state index is 2.50. The number of rotatable bonds is 2. The molecule has 1 spiro atoms. The van der Waals surface area contributed by atoms with E-state index in [1.54, 1.807) is 22.3 Å². The predicted molar refractivity (Wildman–Crippen MR) is 128 cm³/mol. The third-order valence-corrected chi connectivity index (χ3v) is 7.81. The van der Waals surface area contributed by atoms with Crippen LogP contribution in [-0.2, 0) is 16.2 Å². The van der Waals surface area contributed by atoms with Crippen LogP contribution in [-0.4, -0.2) is 0 Å².